The fourth-order valence-corrected chi connectivity index (χ4v) is 3.65. The van der Waals surface area contributed by atoms with Crippen molar-refractivity contribution in [2.45, 2.75) is 50.5 Å². The molecular weight excluding hydrogens is 348 g/mol. The minimum Gasteiger partial charge on any atom is -0.360 e. The van der Waals surface area contributed by atoms with Gasteiger partial charge in [-0.2, -0.15) is 0 Å². The van der Waals surface area contributed by atoms with E-state index in [-0.39, 0.29) is 17.9 Å². The van der Waals surface area contributed by atoms with E-state index < -0.39 is 0 Å². The van der Waals surface area contributed by atoms with Crippen molar-refractivity contribution in [1.82, 2.24) is 20.1 Å². The third kappa shape index (κ3) is 3.13. The van der Waals surface area contributed by atoms with Crippen LogP contribution in [0.5, 0.6) is 0 Å². The summed E-state index contributed by atoms with van der Waals surface area (Å²) < 4.78 is 10.6. The molecule has 2 amide bonds. The smallest absolute Gasteiger partial charge is 0.276 e. The van der Waals surface area contributed by atoms with Crippen LogP contribution in [0.4, 0.5) is 0 Å². The normalized spacial score (nSPS) is 22.9. The van der Waals surface area contributed by atoms with Gasteiger partial charge in [0.1, 0.15) is 11.5 Å². The lowest BCUT2D eigenvalue weighted by atomic mass is 10.1. The van der Waals surface area contributed by atoms with Gasteiger partial charge in [0, 0.05) is 49.6 Å². The highest BCUT2D eigenvalue weighted by molar-refractivity contribution is 5.94. The second kappa shape index (κ2) is 6.21. The molecule has 3 fully saturated rings. The van der Waals surface area contributed by atoms with Gasteiger partial charge in [-0.05, 0) is 32.6 Å². The van der Waals surface area contributed by atoms with E-state index in [4.69, 9.17) is 9.05 Å². The zero-order chi connectivity index (χ0) is 18.5. The second-order valence-electron chi connectivity index (χ2n) is 7.88. The van der Waals surface area contributed by atoms with Gasteiger partial charge < -0.3 is 18.8 Å². The Morgan fingerprint density at radius 1 is 0.926 bits per heavy atom. The summed E-state index contributed by atoms with van der Waals surface area (Å²) in [7, 11) is 0. The van der Waals surface area contributed by atoms with Gasteiger partial charge in [0.15, 0.2) is 11.4 Å². The Morgan fingerprint density at radius 2 is 1.48 bits per heavy atom. The van der Waals surface area contributed by atoms with Gasteiger partial charge in [0.25, 0.3) is 11.8 Å². The number of carbonyl (C=O) groups excluding carboxylic acids is 2. The van der Waals surface area contributed by atoms with Crippen molar-refractivity contribution in [3.8, 4) is 0 Å². The van der Waals surface area contributed by atoms with Crippen molar-refractivity contribution in [3.63, 3.8) is 0 Å². The SMILES string of the molecule is C[C@H]1CN(C(=O)c2cc(C3CC3)on2)CCN1C(=O)c1cc(C2CC2)on1. The molecule has 0 aromatic carbocycles. The Bertz CT molecular complexity index is 880. The third-order valence-electron chi connectivity index (χ3n) is 5.63. The Hall–Kier alpha value is -2.64. The number of amides is 2. The fraction of sp³-hybridized carbons (Fsp3) is 0.579. The number of aromatic nitrogens is 2. The maximum Gasteiger partial charge on any atom is 0.276 e. The van der Waals surface area contributed by atoms with Crippen LogP contribution in [0.25, 0.3) is 0 Å². The fourth-order valence-electron chi connectivity index (χ4n) is 3.65. The second-order valence-corrected chi connectivity index (χ2v) is 7.88. The van der Waals surface area contributed by atoms with Crippen LogP contribution in [-0.2, 0) is 0 Å². The van der Waals surface area contributed by atoms with Gasteiger partial charge in [-0.3, -0.25) is 9.59 Å². The molecular formula is C19H22N4O4. The number of hydrogen-bond donors (Lipinski definition) is 0. The zero-order valence-electron chi connectivity index (χ0n) is 15.3. The highest BCUT2D eigenvalue weighted by atomic mass is 16.5. The monoisotopic (exact) mass is 370 g/mol. The summed E-state index contributed by atoms with van der Waals surface area (Å²) in [6, 6.07) is 3.42. The van der Waals surface area contributed by atoms with Gasteiger partial charge in [0.05, 0.1) is 0 Å². The Labute approximate surface area is 156 Å². The van der Waals surface area contributed by atoms with E-state index in [1.807, 2.05) is 6.92 Å². The molecule has 27 heavy (non-hydrogen) atoms. The first-order valence-corrected chi connectivity index (χ1v) is 9.63. The largest absolute Gasteiger partial charge is 0.360 e. The molecule has 142 valence electrons. The van der Waals surface area contributed by atoms with Crippen molar-refractivity contribution in [2.24, 2.45) is 0 Å². The van der Waals surface area contributed by atoms with E-state index in [0.29, 0.717) is 42.9 Å². The standard InChI is InChI=1S/C19H22N4O4/c1-11-10-22(18(24)14-8-16(26-20-14)12-2-3-12)6-7-23(11)19(25)15-9-17(27-21-15)13-4-5-13/h8-9,11-13H,2-7,10H2,1H3/t11-/m0/s1. The molecule has 0 bridgehead atoms. The van der Waals surface area contributed by atoms with Gasteiger partial charge in [0.2, 0.25) is 0 Å². The first-order chi connectivity index (χ1) is 13.1. The molecule has 3 aliphatic rings. The van der Waals surface area contributed by atoms with Crippen LogP contribution in [-0.4, -0.2) is 57.6 Å². The molecule has 0 radical (unpaired) electrons. The number of carbonyl (C=O) groups is 2. The summed E-state index contributed by atoms with van der Waals surface area (Å²) >= 11 is 0. The zero-order valence-corrected chi connectivity index (χ0v) is 15.3. The molecule has 2 aromatic heterocycles. The van der Waals surface area contributed by atoms with Crippen molar-refractivity contribution >= 4 is 11.8 Å². The van der Waals surface area contributed by atoms with Crippen LogP contribution in [0.2, 0.25) is 0 Å². The highest BCUT2D eigenvalue weighted by Crippen LogP contribution is 2.41. The molecule has 8 nitrogen and oxygen atoms in total. The average molecular weight is 370 g/mol. The van der Waals surface area contributed by atoms with Crippen LogP contribution in [0, 0.1) is 0 Å². The Kier molecular flexibility index (Phi) is 3.80. The summed E-state index contributed by atoms with van der Waals surface area (Å²) in [5, 5.41) is 7.88. The van der Waals surface area contributed by atoms with Gasteiger partial charge >= 0.3 is 0 Å². The minimum atomic E-state index is -0.137. The third-order valence-corrected chi connectivity index (χ3v) is 5.63. The summed E-state index contributed by atoms with van der Waals surface area (Å²) in [4.78, 5) is 29.0. The molecule has 5 rings (SSSR count). The van der Waals surface area contributed by atoms with Crippen LogP contribution in [0.15, 0.2) is 21.2 Å². The maximum atomic E-state index is 12.8. The molecule has 0 unspecified atom stereocenters. The van der Waals surface area contributed by atoms with E-state index in [0.717, 1.165) is 37.2 Å². The molecule has 2 saturated carbocycles. The number of piperazine rings is 1. The highest BCUT2D eigenvalue weighted by Gasteiger charge is 2.35. The van der Waals surface area contributed by atoms with Crippen LogP contribution < -0.4 is 0 Å². The van der Waals surface area contributed by atoms with E-state index in [9.17, 15) is 9.59 Å². The van der Waals surface area contributed by atoms with Gasteiger partial charge in [-0.1, -0.05) is 10.3 Å². The molecule has 1 atom stereocenters. The van der Waals surface area contributed by atoms with Crippen LogP contribution in [0.3, 0.4) is 0 Å². The van der Waals surface area contributed by atoms with E-state index in [1.165, 1.54) is 0 Å². The number of nitrogens with zero attached hydrogens (tertiary/aromatic N) is 4. The van der Waals surface area contributed by atoms with E-state index in [2.05, 4.69) is 10.3 Å². The van der Waals surface area contributed by atoms with Crippen molar-refractivity contribution in [3.05, 3.63) is 35.0 Å². The Balaban J connectivity index is 1.23. The van der Waals surface area contributed by atoms with Crippen LogP contribution in [0.1, 0.15) is 76.9 Å². The summed E-state index contributed by atoms with van der Waals surface area (Å²) in [6.07, 6.45) is 4.41. The number of hydrogen-bond acceptors (Lipinski definition) is 6. The van der Waals surface area contributed by atoms with E-state index in [1.54, 1.807) is 21.9 Å². The van der Waals surface area contributed by atoms with Gasteiger partial charge in [-0.25, -0.2) is 0 Å². The lowest BCUT2D eigenvalue weighted by Gasteiger charge is -2.39. The van der Waals surface area contributed by atoms with Crippen LogP contribution >= 0.6 is 0 Å². The van der Waals surface area contributed by atoms with Crippen molar-refractivity contribution in [1.29, 1.82) is 0 Å². The average Bonchev–Trinajstić information content (AvgIpc) is 3.61. The first-order valence-electron chi connectivity index (χ1n) is 9.63. The topological polar surface area (TPSA) is 92.7 Å². The Morgan fingerprint density at radius 3 is 2.00 bits per heavy atom. The van der Waals surface area contributed by atoms with Crippen molar-refractivity contribution in [2.75, 3.05) is 19.6 Å². The predicted molar refractivity (Wildman–Crippen MR) is 93.4 cm³/mol. The van der Waals surface area contributed by atoms with Gasteiger partial charge in [-0.15, -0.1) is 0 Å². The first kappa shape index (κ1) is 16.5. The molecule has 0 spiro atoms. The summed E-state index contributed by atoms with van der Waals surface area (Å²) in [6.45, 7) is 3.33. The molecule has 1 aliphatic heterocycles. The molecule has 2 aliphatic carbocycles. The quantitative estimate of drug-likeness (QED) is 0.820. The molecule has 1 saturated heterocycles. The minimum absolute atomic E-state index is 0.105. The predicted octanol–water partition coefficient (Wildman–Crippen LogP) is 2.40. The molecule has 2 aromatic rings. The number of rotatable bonds is 4. The molecule has 0 N–H and O–H groups in total. The lowest BCUT2D eigenvalue weighted by molar-refractivity contribution is 0.0403. The molecule has 8 heteroatoms. The van der Waals surface area contributed by atoms with Crippen molar-refractivity contribution < 1.29 is 18.6 Å². The lowest BCUT2D eigenvalue weighted by Crippen LogP contribution is -2.55. The summed E-state index contributed by atoms with van der Waals surface area (Å²) in [5.41, 5.74) is 0.712. The van der Waals surface area contributed by atoms with E-state index >= 15 is 0 Å². The maximum absolute atomic E-state index is 12.8. The summed E-state index contributed by atoms with van der Waals surface area (Å²) in [5.74, 6) is 2.18. The molecule has 3 heterocycles.